The van der Waals surface area contributed by atoms with Gasteiger partial charge in [-0.3, -0.25) is 4.98 Å². The molecule has 0 fully saturated rings. The van der Waals surface area contributed by atoms with Crippen LogP contribution in [0, 0.1) is 6.92 Å². The number of carboxylic acids is 1. The zero-order chi connectivity index (χ0) is 14.8. The summed E-state index contributed by atoms with van der Waals surface area (Å²) in [5.74, 6) is -0.953. The van der Waals surface area contributed by atoms with Gasteiger partial charge in [-0.1, -0.05) is 12.1 Å². The highest BCUT2D eigenvalue weighted by Crippen LogP contribution is 2.23. The van der Waals surface area contributed by atoms with E-state index in [1.54, 1.807) is 18.3 Å². The zero-order valence-electron chi connectivity index (χ0n) is 11.2. The number of benzene rings is 1. The number of para-hydroxylation sites is 1. The summed E-state index contributed by atoms with van der Waals surface area (Å²) in [6, 6.07) is 11.0. The average molecular weight is 280 g/mol. The van der Waals surface area contributed by atoms with Crippen molar-refractivity contribution in [1.29, 1.82) is 0 Å². The van der Waals surface area contributed by atoms with Crippen molar-refractivity contribution in [2.24, 2.45) is 0 Å². The molecule has 0 spiro atoms. The first kappa shape index (κ1) is 13.0. The molecule has 0 aliphatic heterocycles. The van der Waals surface area contributed by atoms with Crippen LogP contribution in [0.15, 0.2) is 42.6 Å². The second-order valence-corrected chi connectivity index (χ2v) is 4.53. The molecule has 3 aromatic rings. The van der Waals surface area contributed by atoms with Gasteiger partial charge in [-0.2, -0.15) is 0 Å². The zero-order valence-corrected chi connectivity index (χ0v) is 11.2. The van der Waals surface area contributed by atoms with E-state index in [9.17, 15) is 4.79 Å². The van der Waals surface area contributed by atoms with Gasteiger partial charge in [0.2, 0.25) is 5.82 Å². The van der Waals surface area contributed by atoms with Crippen molar-refractivity contribution < 1.29 is 9.90 Å². The van der Waals surface area contributed by atoms with Crippen LogP contribution in [0.3, 0.4) is 0 Å². The van der Waals surface area contributed by atoms with E-state index in [1.807, 2.05) is 31.2 Å². The van der Waals surface area contributed by atoms with Crippen molar-refractivity contribution in [3.63, 3.8) is 0 Å². The third kappa shape index (κ3) is 2.64. The van der Waals surface area contributed by atoms with Crippen molar-refractivity contribution in [1.82, 2.24) is 15.0 Å². The van der Waals surface area contributed by atoms with Gasteiger partial charge in [0.05, 0.1) is 17.4 Å². The minimum absolute atomic E-state index is 0.240. The second-order valence-electron chi connectivity index (χ2n) is 4.53. The summed E-state index contributed by atoms with van der Waals surface area (Å²) in [4.78, 5) is 23.4. The quantitative estimate of drug-likeness (QED) is 0.767. The molecule has 0 unspecified atom stereocenters. The van der Waals surface area contributed by atoms with Crippen LogP contribution in [0.4, 0.5) is 11.5 Å². The maximum Gasteiger partial charge on any atom is 0.374 e. The SMILES string of the molecule is Cc1ccc(Nc2nc(C(=O)O)nc3ccccc23)cn1. The number of rotatable bonds is 3. The Hall–Kier alpha value is -3.02. The first-order valence-corrected chi connectivity index (χ1v) is 6.33. The van der Waals surface area contributed by atoms with Gasteiger partial charge in [0, 0.05) is 11.1 Å². The van der Waals surface area contributed by atoms with Crippen LogP contribution in [0.25, 0.3) is 10.9 Å². The summed E-state index contributed by atoms with van der Waals surface area (Å²) in [6.45, 7) is 1.90. The summed E-state index contributed by atoms with van der Waals surface area (Å²) in [7, 11) is 0. The van der Waals surface area contributed by atoms with Gasteiger partial charge in [0.25, 0.3) is 0 Å². The highest BCUT2D eigenvalue weighted by molar-refractivity contribution is 5.94. The second kappa shape index (κ2) is 5.16. The molecule has 1 aromatic carbocycles. The molecule has 0 saturated heterocycles. The number of hydrogen-bond acceptors (Lipinski definition) is 5. The number of anilines is 2. The molecule has 0 atom stereocenters. The van der Waals surface area contributed by atoms with Crippen molar-refractivity contribution in [2.45, 2.75) is 6.92 Å². The molecular formula is C15H12N4O2. The Morgan fingerprint density at radius 3 is 2.67 bits per heavy atom. The van der Waals surface area contributed by atoms with Gasteiger partial charge in [-0.25, -0.2) is 14.8 Å². The average Bonchev–Trinajstić information content (AvgIpc) is 2.49. The van der Waals surface area contributed by atoms with Gasteiger partial charge < -0.3 is 10.4 Å². The number of carboxylic acid groups (broad SMARTS) is 1. The van der Waals surface area contributed by atoms with Gasteiger partial charge in [-0.05, 0) is 31.2 Å². The fraction of sp³-hybridized carbons (Fsp3) is 0.0667. The highest BCUT2D eigenvalue weighted by atomic mass is 16.4. The Morgan fingerprint density at radius 2 is 1.95 bits per heavy atom. The molecule has 2 heterocycles. The lowest BCUT2D eigenvalue weighted by Gasteiger charge is -2.09. The fourth-order valence-electron chi connectivity index (χ4n) is 1.95. The Kier molecular flexibility index (Phi) is 3.19. The number of pyridine rings is 1. The smallest absolute Gasteiger partial charge is 0.374 e. The van der Waals surface area contributed by atoms with E-state index in [0.717, 1.165) is 16.8 Å². The lowest BCUT2D eigenvalue weighted by atomic mass is 10.2. The van der Waals surface area contributed by atoms with E-state index in [1.165, 1.54) is 0 Å². The summed E-state index contributed by atoms with van der Waals surface area (Å²) in [5.41, 5.74) is 2.22. The van der Waals surface area contributed by atoms with Crippen molar-refractivity contribution >= 4 is 28.4 Å². The van der Waals surface area contributed by atoms with E-state index in [4.69, 9.17) is 5.11 Å². The van der Waals surface area contributed by atoms with Crippen LogP contribution in [0.1, 0.15) is 16.3 Å². The molecule has 0 saturated carbocycles. The van der Waals surface area contributed by atoms with Crippen molar-refractivity contribution in [2.75, 3.05) is 5.32 Å². The number of fused-ring (bicyclic) bond motifs is 1. The third-order valence-corrected chi connectivity index (χ3v) is 2.97. The maximum atomic E-state index is 11.1. The standard InChI is InChI=1S/C15H12N4O2/c1-9-6-7-10(8-16-9)17-13-11-4-2-3-5-12(11)18-14(19-13)15(20)21/h2-8H,1H3,(H,20,21)(H,17,18,19). The van der Waals surface area contributed by atoms with E-state index in [2.05, 4.69) is 20.3 Å². The first-order valence-electron chi connectivity index (χ1n) is 6.33. The molecular weight excluding hydrogens is 268 g/mol. The number of aromatic nitrogens is 3. The van der Waals surface area contributed by atoms with E-state index in [0.29, 0.717) is 11.3 Å². The molecule has 6 nitrogen and oxygen atoms in total. The molecule has 3 rings (SSSR count). The monoisotopic (exact) mass is 280 g/mol. The Morgan fingerprint density at radius 1 is 1.14 bits per heavy atom. The lowest BCUT2D eigenvalue weighted by Crippen LogP contribution is -2.07. The van der Waals surface area contributed by atoms with Gasteiger partial charge >= 0.3 is 5.97 Å². The van der Waals surface area contributed by atoms with Crippen LogP contribution in [-0.2, 0) is 0 Å². The normalized spacial score (nSPS) is 10.5. The van der Waals surface area contributed by atoms with Crippen LogP contribution in [0.2, 0.25) is 0 Å². The number of carbonyl (C=O) groups is 1. The van der Waals surface area contributed by atoms with Crippen molar-refractivity contribution in [3.05, 3.63) is 54.1 Å². The molecule has 0 radical (unpaired) electrons. The predicted molar refractivity (Wildman–Crippen MR) is 78.8 cm³/mol. The molecule has 0 bridgehead atoms. The first-order chi connectivity index (χ1) is 10.1. The number of hydrogen-bond donors (Lipinski definition) is 2. The largest absolute Gasteiger partial charge is 0.475 e. The van der Waals surface area contributed by atoms with E-state index < -0.39 is 5.97 Å². The topological polar surface area (TPSA) is 88.0 Å². The molecule has 2 aromatic heterocycles. The molecule has 2 N–H and O–H groups in total. The summed E-state index contributed by atoms with van der Waals surface area (Å²) in [5, 5.41) is 13.0. The van der Waals surface area contributed by atoms with Gasteiger partial charge in [-0.15, -0.1) is 0 Å². The molecule has 21 heavy (non-hydrogen) atoms. The number of nitrogens with zero attached hydrogens (tertiary/aromatic N) is 3. The Labute approximate surface area is 120 Å². The van der Waals surface area contributed by atoms with Gasteiger partial charge in [0.15, 0.2) is 0 Å². The Balaban J connectivity index is 2.11. The molecule has 0 aliphatic carbocycles. The van der Waals surface area contributed by atoms with Crippen LogP contribution in [-0.4, -0.2) is 26.0 Å². The van der Waals surface area contributed by atoms with Crippen molar-refractivity contribution in [3.8, 4) is 0 Å². The fourth-order valence-corrected chi connectivity index (χ4v) is 1.95. The summed E-state index contributed by atoms with van der Waals surface area (Å²) in [6.07, 6.45) is 1.67. The van der Waals surface area contributed by atoms with Crippen LogP contribution < -0.4 is 5.32 Å². The molecule has 104 valence electrons. The van der Waals surface area contributed by atoms with E-state index >= 15 is 0 Å². The minimum atomic E-state index is -1.16. The lowest BCUT2D eigenvalue weighted by molar-refractivity contribution is 0.0684. The summed E-state index contributed by atoms with van der Waals surface area (Å²) >= 11 is 0. The number of aryl methyl sites for hydroxylation is 1. The van der Waals surface area contributed by atoms with Crippen LogP contribution in [0.5, 0.6) is 0 Å². The third-order valence-electron chi connectivity index (χ3n) is 2.97. The van der Waals surface area contributed by atoms with E-state index in [-0.39, 0.29) is 5.82 Å². The predicted octanol–water partition coefficient (Wildman–Crippen LogP) is 2.78. The molecule has 0 amide bonds. The maximum absolute atomic E-state index is 11.1. The van der Waals surface area contributed by atoms with Gasteiger partial charge in [0.1, 0.15) is 5.82 Å². The number of nitrogens with one attached hydrogen (secondary N) is 1. The molecule has 6 heteroatoms. The number of aromatic carboxylic acids is 1. The summed E-state index contributed by atoms with van der Waals surface area (Å²) < 4.78 is 0. The van der Waals surface area contributed by atoms with Crippen LogP contribution >= 0.6 is 0 Å². The highest BCUT2D eigenvalue weighted by Gasteiger charge is 2.12. The molecule has 0 aliphatic rings. The minimum Gasteiger partial charge on any atom is -0.475 e. The Bertz CT molecular complexity index is 816.